The van der Waals surface area contributed by atoms with Gasteiger partial charge in [0.05, 0.1) is 33.1 Å². The van der Waals surface area contributed by atoms with Gasteiger partial charge in [0, 0.05) is 49.4 Å². The molecule has 0 fully saturated rings. The van der Waals surface area contributed by atoms with E-state index in [9.17, 15) is 0 Å². The molecule has 13 rings (SSSR count). The van der Waals surface area contributed by atoms with Crippen LogP contribution in [0.3, 0.4) is 0 Å². The lowest BCUT2D eigenvalue weighted by Crippen LogP contribution is -1.96. The molecule has 0 unspecified atom stereocenters. The minimum absolute atomic E-state index is 1.14. The number of fused-ring (bicyclic) bond motifs is 9. The third-order valence-corrected chi connectivity index (χ3v) is 13.0. The van der Waals surface area contributed by atoms with Crippen molar-refractivity contribution in [3.8, 4) is 50.4 Å². The Labute approximate surface area is 364 Å². The van der Waals surface area contributed by atoms with Gasteiger partial charge >= 0.3 is 0 Å². The molecule has 0 radical (unpaired) electrons. The Hall–Kier alpha value is -8.40. The molecule has 3 heteroatoms. The summed E-state index contributed by atoms with van der Waals surface area (Å²) in [5, 5.41) is 7.43. The topological polar surface area (TPSA) is 14.8 Å². The molecule has 10 aromatic carbocycles. The predicted octanol–water partition coefficient (Wildman–Crippen LogP) is 16.0. The van der Waals surface area contributed by atoms with Crippen LogP contribution in [0.15, 0.2) is 237 Å². The number of benzene rings is 10. The second kappa shape index (κ2) is 14.1. The molecule has 0 bridgehead atoms. The average Bonchev–Trinajstić information content (AvgIpc) is 3.99. The number of hydrogen-bond donors (Lipinski definition) is 0. The van der Waals surface area contributed by atoms with Crippen LogP contribution in [-0.4, -0.2) is 13.7 Å². The Bertz CT molecular complexity index is 3870. The van der Waals surface area contributed by atoms with Gasteiger partial charge in [-0.05, 0) is 118 Å². The second-order valence-electron chi connectivity index (χ2n) is 16.6. The van der Waals surface area contributed by atoms with Gasteiger partial charge in [0.25, 0.3) is 0 Å². The van der Waals surface area contributed by atoms with Gasteiger partial charge < -0.3 is 13.7 Å². The summed E-state index contributed by atoms with van der Waals surface area (Å²) in [6.45, 7) is 0. The number of aromatic nitrogens is 3. The maximum atomic E-state index is 2.47. The van der Waals surface area contributed by atoms with Crippen LogP contribution in [0.25, 0.3) is 116 Å². The number of para-hydroxylation sites is 3. The van der Waals surface area contributed by atoms with Crippen LogP contribution >= 0.6 is 0 Å². The lowest BCUT2D eigenvalue weighted by molar-refractivity contribution is 1.17. The van der Waals surface area contributed by atoms with E-state index < -0.39 is 0 Å². The zero-order chi connectivity index (χ0) is 41.4. The van der Waals surface area contributed by atoms with E-state index in [-0.39, 0.29) is 0 Å². The number of rotatable bonds is 6. The smallest absolute Gasteiger partial charge is 0.0547 e. The van der Waals surface area contributed by atoms with Crippen molar-refractivity contribution in [2.75, 3.05) is 0 Å². The van der Waals surface area contributed by atoms with E-state index in [4.69, 9.17) is 0 Å². The van der Waals surface area contributed by atoms with Gasteiger partial charge in [-0.25, -0.2) is 0 Å². The maximum Gasteiger partial charge on any atom is 0.0547 e. The maximum absolute atomic E-state index is 2.47. The third kappa shape index (κ3) is 5.60. The van der Waals surface area contributed by atoms with E-state index in [1.807, 2.05) is 0 Å². The highest BCUT2D eigenvalue weighted by Gasteiger charge is 2.19. The summed E-state index contributed by atoms with van der Waals surface area (Å²) in [7, 11) is 0. The molecule has 0 spiro atoms. The minimum Gasteiger partial charge on any atom is -0.309 e. The van der Waals surface area contributed by atoms with Crippen molar-refractivity contribution < 1.29 is 0 Å². The minimum atomic E-state index is 1.14. The molecule has 0 aliphatic rings. The van der Waals surface area contributed by atoms with Crippen LogP contribution in [0.4, 0.5) is 0 Å². The van der Waals surface area contributed by atoms with Crippen molar-refractivity contribution in [1.82, 2.24) is 13.7 Å². The van der Waals surface area contributed by atoms with E-state index in [0.717, 1.165) is 17.1 Å². The van der Waals surface area contributed by atoms with Crippen molar-refractivity contribution >= 4 is 65.4 Å². The summed E-state index contributed by atoms with van der Waals surface area (Å²) in [6, 6.07) is 86.5. The van der Waals surface area contributed by atoms with Gasteiger partial charge in [0.2, 0.25) is 0 Å². The van der Waals surface area contributed by atoms with Crippen LogP contribution in [0, 0.1) is 0 Å². The Kier molecular flexibility index (Phi) is 7.91. The zero-order valence-corrected chi connectivity index (χ0v) is 34.4. The van der Waals surface area contributed by atoms with E-state index >= 15 is 0 Å². The fourth-order valence-corrected chi connectivity index (χ4v) is 10.1. The molecule has 0 saturated carbocycles. The first-order valence-electron chi connectivity index (χ1n) is 21.7. The highest BCUT2D eigenvalue weighted by molar-refractivity contribution is 6.14. The van der Waals surface area contributed by atoms with Crippen LogP contribution in [0.5, 0.6) is 0 Å². The summed E-state index contributed by atoms with van der Waals surface area (Å²) >= 11 is 0. The van der Waals surface area contributed by atoms with Crippen molar-refractivity contribution in [2.45, 2.75) is 0 Å². The number of nitrogens with zero attached hydrogens (tertiary/aromatic N) is 3. The van der Waals surface area contributed by atoms with Crippen LogP contribution in [0.2, 0.25) is 0 Å². The Balaban J connectivity index is 0.985. The van der Waals surface area contributed by atoms with Gasteiger partial charge in [-0.15, -0.1) is 0 Å². The summed E-state index contributed by atoms with van der Waals surface area (Å²) in [4.78, 5) is 0. The first-order chi connectivity index (χ1) is 31.2. The Morgan fingerprint density at radius 2 is 0.524 bits per heavy atom. The van der Waals surface area contributed by atoms with Gasteiger partial charge in [-0.3, -0.25) is 0 Å². The van der Waals surface area contributed by atoms with Crippen molar-refractivity contribution in [1.29, 1.82) is 0 Å². The highest BCUT2D eigenvalue weighted by atomic mass is 15.0. The SMILES string of the molecule is c1ccc(-c2ccc(-n3c4ccccc4c4cc(-c5ccc6c(c5)c5ccc(-c7ccccc7)cc5n6-c5ccc6c(c5)c5ccccc5n6-c5ccccc5)ccc43)cc2)cc1. The fourth-order valence-electron chi connectivity index (χ4n) is 10.1. The molecule has 3 aromatic heterocycles. The van der Waals surface area contributed by atoms with Gasteiger partial charge in [-0.2, -0.15) is 0 Å². The monoisotopic (exact) mass is 801 g/mol. The molecule has 3 nitrogen and oxygen atoms in total. The molecular formula is C60H39N3. The molecule has 63 heavy (non-hydrogen) atoms. The van der Waals surface area contributed by atoms with Gasteiger partial charge in [0.1, 0.15) is 0 Å². The van der Waals surface area contributed by atoms with Crippen LogP contribution in [0.1, 0.15) is 0 Å². The third-order valence-electron chi connectivity index (χ3n) is 13.0. The lowest BCUT2D eigenvalue weighted by atomic mass is 9.99. The summed E-state index contributed by atoms with van der Waals surface area (Å²) < 4.78 is 7.25. The first-order valence-corrected chi connectivity index (χ1v) is 21.7. The first kappa shape index (κ1) is 35.4. The Morgan fingerprint density at radius 3 is 1.11 bits per heavy atom. The average molecular weight is 802 g/mol. The molecule has 0 amide bonds. The molecule has 13 aromatic rings. The highest BCUT2D eigenvalue weighted by Crippen LogP contribution is 2.41. The van der Waals surface area contributed by atoms with Gasteiger partial charge in [-0.1, -0.05) is 152 Å². The molecule has 0 atom stereocenters. The van der Waals surface area contributed by atoms with Crippen molar-refractivity contribution in [3.05, 3.63) is 237 Å². The number of hydrogen-bond acceptors (Lipinski definition) is 0. The fraction of sp³-hybridized carbons (Fsp3) is 0. The molecule has 0 aliphatic heterocycles. The molecule has 0 N–H and O–H groups in total. The van der Waals surface area contributed by atoms with Crippen LogP contribution in [-0.2, 0) is 0 Å². The summed E-state index contributed by atoms with van der Waals surface area (Å²) in [6.07, 6.45) is 0. The lowest BCUT2D eigenvalue weighted by Gasteiger charge is -2.11. The van der Waals surface area contributed by atoms with E-state index in [0.29, 0.717) is 0 Å². The van der Waals surface area contributed by atoms with Crippen molar-refractivity contribution in [2.24, 2.45) is 0 Å². The second-order valence-corrected chi connectivity index (χ2v) is 16.6. The Morgan fingerprint density at radius 1 is 0.175 bits per heavy atom. The van der Waals surface area contributed by atoms with E-state index in [1.165, 1.54) is 98.8 Å². The molecule has 3 heterocycles. The zero-order valence-electron chi connectivity index (χ0n) is 34.4. The molecule has 294 valence electrons. The molecular weight excluding hydrogens is 763 g/mol. The molecule has 0 saturated heterocycles. The van der Waals surface area contributed by atoms with Crippen LogP contribution < -0.4 is 0 Å². The largest absolute Gasteiger partial charge is 0.309 e. The quantitative estimate of drug-likeness (QED) is 0.159. The predicted molar refractivity (Wildman–Crippen MR) is 266 cm³/mol. The summed E-state index contributed by atoms with van der Waals surface area (Å²) in [5.74, 6) is 0. The van der Waals surface area contributed by atoms with E-state index in [1.54, 1.807) is 0 Å². The normalized spacial score (nSPS) is 11.8. The molecule has 0 aliphatic carbocycles. The van der Waals surface area contributed by atoms with E-state index in [2.05, 4.69) is 250 Å². The standard InChI is InChI=1S/C60H39N3/c1-4-14-40(15-5-1)42-24-29-47(30-25-42)62-55-22-12-10-20-49(55)52-36-43(27-33-57(52)62)44-28-34-58-53(37-44)51-32-26-45(41-16-6-2-7-17-41)38-60(51)63(58)48-31-35-59-54(39-48)50-21-11-13-23-56(50)61(59)46-18-8-3-9-19-46/h1-39H. The van der Waals surface area contributed by atoms with Crippen molar-refractivity contribution in [3.63, 3.8) is 0 Å². The summed E-state index contributed by atoms with van der Waals surface area (Å²) in [5.41, 5.74) is 17.9. The van der Waals surface area contributed by atoms with Gasteiger partial charge in [0.15, 0.2) is 0 Å².